The van der Waals surface area contributed by atoms with E-state index in [-0.39, 0.29) is 6.10 Å². The van der Waals surface area contributed by atoms with Crippen molar-refractivity contribution in [2.24, 2.45) is 0 Å². The topological polar surface area (TPSA) is 39.1 Å². The lowest BCUT2D eigenvalue weighted by Gasteiger charge is -2.12. The Morgan fingerprint density at radius 2 is 2.00 bits per heavy atom. The molecule has 0 aliphatic heterocycles. The van der Waals surface area contributed by atoms with Crippen molar-refractivity contribution in [1.29, 1.82) is 0 Å². The minimum atomic E-state index is 0.200. The van der Waals surface area contributed by atoms with Crippen molar-refractivity contribution in [2.75, 3.05) is 13.7 Å². The highest BCUT2D eigenvalue weighted by Gasteiger charge is 2.16. The van der Waals surface area contributed by atoms with Crippen molar-refractivity contribution in [3.8, 4) is 0 Å². The summed E-state index contributed by atoms with van der Waals surface area (Å²) in [6.07, 6.45) is 3.38. The molecule has 0 radical (unpaired) electrons. The molecule has 0 saturated carbocycles. The Morgan fingerprint density at radius 1 is 1.26 bits per heavy atom. The first-order chi connectivity index (χ1) is 9.17. The lowest BCUT2D eigenvalue weighted by molar-refractivity contribution is 0.0989. The van der Waals surface area contributed by atoms with Gasteiger partial charge in [0.05, 0.1) is 18.3 Å². The minimum absolute atomic E-state index is 0.200. The number of ether oxygens (including phenoxy) is 1. The molecule has 4 nitrogen and oxygen atoms in total. The summed E-state index contributed by atoms with van der Waals surface area (Å²) in [5.74, 6) is 0. The minimum Gasteiger partial charge on any atom is -0.380 e. The van der Waals surface area contributed by atoms with Gasteiger partial charge >= 0.3 is 0 Å². The van der Waals surface area contributed by atoms with E-state index >= 15 is 0 Å². The van der Waals surface area contributed by atoms with Crippen LogP contribution in [0, 0.1) is 0 Å². The number of hydrogen-bond donors (Lipinski definition) is 1. The molecule has 19 heavy (non-hydrogen) atoms. The first-order valence-electron chi connectivity index (χ1n) is 7.48. The summed E-state index contributed by atoms with van der Waals surface area (Å²) in [7, 11) is 1.75. The summed E-state index contributed by atoms with van der Waals surface area (Å²) in [5.41, 5.74) is 3.97. The third-order valence-corrected chi connectivity index (χ3v) is 3.48. The molecular weight excluding hydrogens is 238 g/mol. The number of aromatic nitrogens is 2. The SMILES string of the molecule is CCCNCc1c(CC)nn(CC(C)OC)c1CC. The molecule has 1 unspecified atom stereocenters. The second kappa shape index (κ2) is 8.33. The molecule has 1 heterocycles. The highest BCUT2D eigenvalue weighted by molar-refractivity contribution is 5.26. The van der Waals surface area contributed by atoms with Crippen molar-refractivity contribution >= 4 is 0 Å². The van der Waals surface area contributed by atoms with E-state index < -0.39 is 0 Å². The number of nitrogens with zero attached hydrogens (tertiary/aromatic N) is 2. The van der Waals surface area contributed by atoms with Crippen LogP contribution >= 0.6 is 0 Å². The van der Waals surface area contributed by atoms with Crippen LogP contribution in [0.4, 0.5) is 0 Å². The van der Waals surface area contributed by atoms with Gasteiger partial charge in [-0.2, -0.15) is 5.10 Å². The van der Waals surface area contributed by atoms with Gasteiger partial charge in [0.25, 0.3) is 0 Å². The molecule has 110 valence electrons. The van der Waals surface area contributed by atoms with Crippen molar-refractivity contribution < 1.29 is 4.74 Å². The second-order valence-corrected chi connectivity index (χ2v) is 4.98. The van der Waals surface area contributed by atoms with E-state index in [4.69, 9.17) is 9.84 Å². The number of hydrogen-bond acceptors (Lipinski definition) is 3. The largest absolute Gasteiger partial charge is 0.380 e. The van der Waals surface area contributed by atoms with E-state index in [2.05, 4.69) is 37.7 Å². The van der Waals surface area contributed by atoms with Gasteiger partial charge in [0, 0.05) is 24.9 Å². The maximum Gasteiger partial charge on any atom is 0.0739 e. The molecule has 0 amide bonds. The van der Waals surface area contributed by atoms with Crippen LogP contribution in [-0.2, 0) is 30.7 Å². The van der Waals surface area contributed by atoms with Gasteiger partial charge in [0.1, 0.15) is 0 Å². The van der Waals surface area contributed by atoms with Crippen LogP contribution in [0.1, 0.15) is 51.1 Å². The van der Waals surface area contributed by atoms with Gasteiger partial charge in [0.15, 0.2) is 0 Å². The van der Waals surface area contributed by atoms with E-state index in [0.717, 1.165) is 38.9 Å². The lowest BCUT2D eigenvalue weighted by Crippen LogP contribution is -2.19. The number of aryl methyl sites for hydroxylation is 1. The van der Waals surface area contributed by atoms with Gasteiger partial charge in [-0.25, -0.2) is 0 Å². The Hall–Kier alpha value is -0.870. The van der Waals surface area contributed by atoms with Crippen LogP contribution in [0.25, 0.3) is 0 Å². The lowest BCUT2D eigenvalue weighted by atomic mass is 10.1. The molecule has 0 bridgehead atoms. The molecule has 4 heteroatoms. The van der Waals surface area contributed by atoms with Crippen LogP contribution in [0.5, 0.6) is 0 Å². The van der Waals surface area contributed by atoms with Crippen molar-refractivity contribution in [2.45, 2.75) is 66.2 Å². The zero-order valence-corrected chi connectivity index (χ0v) is 13.1. The number of methoxy groups -OCH3 is 1. The Morgan fingerprint density at radius 3 is 2.53 bits per heavy atom. The molecular formula is C15H29N3O. The fraction of sp³-hybridized carbons (Fsp3) is 0.800. The molecule has 0 fully saturated rings. The third kappa shape index (κ3) is 4.32. The monoisotopic (exact) mass is 267 g/mol. The quantitative estimate of drug-likeness (QED) is 0.699. The molecule has 0 aromatic carbocycles. The fourth-order valence-corrected chi connectivity index (χ4v) is 2.33. The van der Waals surface area contributed by atoms with E-state index in [0.29, 0.717) is 0 Å². The van der Waals surface area contributed by atoms with Crippen LogP contribution in [-0.4, -0.2) is 29.5 Å². The molecule has 1 aromatic rings. The van der Waals surface area contributed by atoms with Crippen molar-refractivity contribution in [3.05, 3.63) is 17.0 Å². The van der Waals surface area contributed by atoms with E-state index in [1.165, 1.54) is 17.0 Å². The summed E-state index contributed by atoms with van der Waals surface area (Å²) in [6.45, 7) is 11.5. The molecule has 1 rings (SSSR count). The average Bonchev–Trinajstić information content (AvgIpc) is 2.75. The molecule has 0 aliphatic rings. The summed E-state index contributed by atoms with van der Waals surface area (Å²) in [6, 6.07) is 0. The zero-order chi connectivity index (χ0) is 14.3. The average molecular weight is 267 g/mol. The van der Waals surface area contributed by atoms with E-state index in [9.17, 15) is 0 Å². The fourth-order valence-electron chi connectivity index (χ4n) is 2.33. The predicted molar refractivity (Wildman–Crippen MR) is 79.5 cm³/mol. The standard InChI is InChI=1S/C15H29N3O/c1-6-9-16-10-13-14(7-2)17-18(15(13)8-3)11-12(4)19-5/h12,16H,6-11H2,1-5H3. The summed E-state index contributed by atoms with van der Waals surface area (Å²) in [4.78, 5) is 0. The van der Waals surface area contributed by atoms with Crippen LogP contribution in [0.3, 0.4) is 0 Å². The third-order valence-electron chi connectivity index (χ3n) is 3.48. The highest BCUT2D eigenvalue weighted by Crippen LogP contribution is 2.17. The van der Waals surface area contributed by atoms with Gasteiger partial charge in [-0.3, -0.25) is 4.68 Å². The summed E-state index contributed by atoms with van der Waals surface area (Å²) >= 11 is 0. The van der Waals surface area contributed by atoms with E-state index in [1.807, 2.05) is 0 Å². The number of rotatable bonds is 9. The molecule has 0 aliphatic carbocycles. The molecule has 0 spiro atoms. The van der Waals surface area contributed by atoms with Gasteiger partial charge < -0.3 is 10.1 Å². The Balaban J connectivity index is 2.92. The zero-order valence-electron chi connectivity index (χ0n) is 13.1. The second-order valence-electron chi connectivity index (χ2n) is 4.98. The molecule has 1 N–H and O–H groups in total. The van der Waals surface area contributed by atoms with Gasteiger partial charge in [0.2, 0.25) is 0 Å². The van der Waals surface area contributed by atoms with Crippen LogP contribution in [0.15, 0.2) is 0 Å². The molecule has 0 saturated heterocycles. The van der Waals surface area contributed by atoms with Gasteiger partial charge in [-0.05, 0) is 32.7 Å². The maximum absolute atomic E-state index is 5.36. The summed E-state index contributed by atoms with van der Waals surface area (Å²) < 4.78 is 7.49. The van der Waals surface area contributed by atoms with Gasteiger partial charge in [-0.15, -0.1) is 0 Å². The molecule has 1 atom stereocenters. The van der Waals surface area contributed by atoms with Crippen LogP contribution in [0.2, 0.25) is 0 Å². The predicted octanol–water partition coefficient (Wildman–Crippen LogP) is 2.54. The Labute approximate surface area is 117 Å². The maximum atomic E-state index is 5.36. The molecule has 1 aromatic heterocycles. The van der Waals surface area contributed by atoms with E-state index in [1.54, 1.807) is 7.11 Å². The number of nitrogens with one attached hydrogen (secondary N) is 1. The Kier molecular flexibility index (Phi) is 7.10. The Bertz CT molecular complexity index is 374. The van der Waals surface area contributed by atoms with Crippen molar-refractivity contribution in [3.63, 3.8) is 0 Å². The van der Waals surface area contributed by atoms with Crippen LogP contribution < -0.4 is 5.32 Å². The van der Waals surface area contributed by atoms with Crippen molar-refractivity contribution in [1.82, 2.24) is 15.1 Å². The van der Waals surface area contributed by atoms with Gasteiger partial charge in [-0.1, -0.05) is 20.8 Å². The smallest absolute Gasteiger partial charge is 0.0739 e. The first-order valence-corrected chi connectivity index (χ1v) is 7.48. The summed E-state index contributed by atoms with van der Waals surface area (Å²) in [5, 5.41) is 8.26. The highest BCUT2D eigenvalue weighted by atomic mass is 16.5. The normalized spacial score (nSPS) is 12.9. The first kappa shape index (κ1) is 16.2.